The number of halogens is 1. The van der Waals surface area contributed by atoms with Gasteiger partial charge in [0.25, 0.3) is 5.91 Å². The van der Waals surface area contributed by atoms with Crippen molar-refractivity contribution in [1.82, 2.24) is 9.80 Å². The Balaban J connectivity index is 1.50. The molecule has 6 nitrogen and oxygen atoms in total. The van der Waals surface area contributed by atoms with Crippen molar-refractivity contribution in [3.05, 3.63) is 35.6 Å². The summed E-state index contributed by atoms with van der Waals surface area (Å²) in [4.78, 5) is 27.2. The third-order valence-corrected chi connectivity index (χ3v) is 4.45. The monoisotopic (exact) mass is 336 g/mol. The quantitative estimate of drug-likeness (QED) is 0.800. The number of rotatable bonds is 6. The number of hydrogen-bond acceptors (Lipinski definition) is 4. The van der Waals surface area contributed by atoms with Crippen molar-refractivity contribution in [3.63, 3.8) is 0 Å². The van der Waals surface area contributed by atoms with Crippen LogP contribution in [-0.2, 0) is 16.1 Å². The van der Waals surface area contributed by atoms with Gasteiger partial charge in [-0.1, -0.05) is 18.2 Å². The van der Waals surface area contributed by atoms with Crippen LogP contribution in [0.1, 0.15) is 24.8 Å². The number of carbonyl (C=O) groups is 2. The van der Waals surface area contributed by atoms with E-state index in [4.69, 9.17) is 4.74 Å². The number of fused-ring (bicyclic) bond motifs is 1. The van der Waals surface area contributed by atoms with Crippen molar-refractivity contribution in [2.24, 2.45) is 0 Å². The lowest BCUT2D eigenvalue weighted by atomic mass is 10.0. The van der Waals surface area contributed by atoms with E-state index >= 15 is 0 Å². The molecule has 2 aliphatic heterocycles. The molecule has 0 bridgehead atoms. The number of ether oxygens (including phenoxy) is 1. The van der Waals surface area contributed by atoms with E-state index in [1.807, 2.05) is 0 Å². The molecule has 2 atom stereocenters. The van der Waals surface area contributed by atoms with Gasteiger partial charge in [-0.05, 0) is 25.3 Å². The topological polar surface area (TPSA) is 70.1 Å². The zero-order chi connectivity index (χ0) is 17.1. The molecule has 1 N–H and O–H groups in total. The van der Waals surface area contributed by atoms with Gasteiger partial charge in [0.15, 0.2) is 0 Å². The third-order valence-electron chi connectivity index (χ3n) is 4.45. The molecule has 3 amide bonds. The summed E-state index contributed by atoms with van der Waals surface area (Å²) < 4.78 is 18.8. The zero-order valence-electron chi connectivity index (χ0n) is 13.4. The van der Waals surface area contributed by atoms with Crippen molar-refractivity contribution < 1.29 is 23.8 Å². The first kappa shape index (κ1) is 16.9. The zero-order valence-corrected chi connectivity index (χ0v) is 13.4. The Morgan fingerprint density at radius 2 is 2.08 bits per heavy atom. The second kappa shape index (κ2) is 7.27. The molecule has 0 saturated carbocycles. The maximum Gasteiger partial charge on any atom is 0.327 e. The fourth-order valence-electron chi connectivity index (χ4n) is 3.20. The lowest BCUT2D eigenvalue weighted by molar-refractivity contribution is -0.130. The van der Waals surface area contributed by atoms with Gasteiger partial charge < -0.3 is 14.7 Å². The lowest BCUT2D eigenvalue weighted by Gasteiger charge is -2.26. The molecule has 0 radical (unpaired) electrons. The van der Waals surface area contributed by atoms with Gasteiger partial charge in [-0.2, -0.15) is 0 Å². The van der Waals surface area contributed by atoms with Gasteiger partial charge in [-0.15, -0.1) is 0 Å². The molecule has 2 heterocycles. The summed E-state index contributed by atoms with van der Waals surface area (Å²) in [7, 11) is 0. The van der Waals surface area contributed by atoms with E-state index in [9.17, 15) is 19.1 Å². The fourth-order valence-corrected chi connectivity index (χ4v) is 3.20. The number of hydrogen-bond donors (Lipinski definition) is 1. The molecular weight excluding hydrogens is 315 g/mol. The number of urea groups is 1. The molecule has 2 saturated heterocycles. The first-order chi connectivity index (χ1) is 11.6. The van der Waals surface area contributed by atoms with Gasteiger partial charge in [-0.25, -0.2) is 9.18 Å². The molecule has 0 aliphatic carbocycles. The van der Waals surface area contributed by atoms with Crippen molar-refractivity contribution in [3.8, 4) is 0 Å². The Bertz CT molecular complexity index is 600. The summed E-state index contributed by atoms with van der Waals surface area (Å²) in [5, 5.41) is 10.0. The van der Waals surface area contributed by atoms with Crippen LogP contribution in [0.15, 0.2) is 24.3 Å². The van der Waals surface area contributed by atoms with Crippen LogP contribution in [0.5, 0.6) is 0 Å². The van der Waals surface area contributed by atoms with Crippen LogP contribution in [0, 0.1) is 5.82 Å². The minimum Gasteiger partial charge on any atom is -0.389 e. The number of piperidine rings is 1. The molecule has 1 aromatic rings. The van der Waals surface area contributed by atoms with Crippen LogP contribution in [0.4, 0.5) is 9.18 Å². The Kier molecular flexibility index (Phi) is 5.11. The number of aliphatic hydroxyl groups excluding tert-OH is 1. The van der Waals surface area contributed by atoms with Crippen molar-refractivity contribution >= 4 is 11.9 Å². The fraction of sp³-hybridized carbons (Fsp3) is 0.529. The van der Waals surface area contributed by atoms with Gasteiger partial charge in [0, 0.05) is 12.1 Å². The summed E-state index contributed by atoms with van der Waals surface area (Å²) in [6.07, 6.45) is 1.52. The molecule has 1 aromatic carbocycles. The first-order valence-electron chi connectivity index (χ1n) is 8.19. The number of aliphatic hydroxyl groups is 1. The van der Waals surface area contributed by atoms with Crippen LogP contribution < -0.4 is 0 Å². The highest BCUT2D eigenvalue weighted by Crippen LogP contribution is 2.26. The normalized spacial score (nSPS) is 22.0. The Morgan fingerprint density at radius 1 is 1.29 bits per heavy atom. The summed E-state index contributed by atoms with van der Waals surface area (Å²) in [5.41, 5.74) is 0.398. The molecule has 3 rings (SSSR count). The molecule has 24 heavy (non-hydrogen) atoms. The average Bonchev–Trinajstić information content (AvgIpc) is 2.82. The molecule has 0 aromatic heterocycles. The standard InChI is InChI=1S/C17H21FN2O4/c18-14-6-2-1-5-12(14)10-24-11-13(21)9-20-16(22)15-7-3-4-8-19(15)17(20)23/h1-2,5-6,13,15,21H,3-4,7-11H2. The Labute approximate surface area is 139 Å². The molecular formula is C17H21FN2O4. The highest BCUT2D eigenvalue weighted by Gasteiger charge is 2.46. The van der Waals surface area contributed by atoms with Gasteiger partial charge in [0.2, 0.25) is 0 Å². The predicted octanol–water partition coefficient (Wildman–Crippen LogP) is 1.52. The maximum atomic E-state index is 13.5. The summed E-state index contributed by atoms with van der Waals surface area (Å²) in [6.45, 7) is 0.448. The Morgan fingerprint density at radius 3 is 2.83 bits per heavy atom. The van der Waals surface area contributed by atoms with Crippen LogP contribution in [0.2, 0.25) is 0 Å². The molecule has 130 valence electrons. The first-order valence-corrected chi connectivity index (χ1v) is 8.19. The van der Waals surface area contributed by atoms with Crippen LogP contribution in [-0.4, -0.2) is 58.7 Å². The summed E-state index contributed by atoms with van der Waals surface area (Å²) >= 11 is 0. The average molecular weight is 336 g/mol. The van der Waals surface area contributed by atoms with E-state index in [1.165, 1.54) is 6.07 Å². The van der Waals surface area contributed by atoms with Crippen LogP contribution >= 0.6 is 0 Å². The second-order valence-corrected chi connectivity index (χ2v) is 6.20. The second-order valence-electron chi connectivity index (χ2n) is 6.20. The number of benzene rings is 1. The number of imide groups is 1. The minimum atomic E-state index is -0.994. The predicted molar refractivity (Wildman–Crippen MR) is 83.5 cm³/mol. The van der Waals surface area contributed by atoms with Gasteiger partial charge in [0.05, 0.1) is 25.9 Å². The number of nitrogens with zero attached hydrogens (tertiary/aromatic N) is 2. The van der Waals surface area contributed by atoms with Crippen LogP contribution in [0.25, 0.3) is 0 Å². The Hall–Kier alpha value is -1.99. The number of β-amino-alcohol motifs (C(OH)–C–C–N with tert-alkyl or cyclic N) is 1. The van der Waals surface area contributed by atoms with E-state index in [0.717, 1.165) is 17.7 Å². The van der Waals surface area contributed by atoms with E-state index in [1.54, 1.807) is 23.1 Å². The highest BCUT2D eigenvalue weighted by atomic mass is 19.1. The van der Waals surface area contributed by atoms with E-state index < -0.39 is 6.10 Å². The van der Waals surface area contributed by atoms with Crippen molar-refractivity contribution in [1.29, 1.82) is 0 Å². The molecule has 2 aliphatic rings. The smallest absolute Gasteiger partial charge is 0.327 e. The van der Waals surface area contributed by atoms with Crippen LogP contribution in [0.3, 0.4) is 0 Å². The molecule has 0 spiro atoms. The SMILES string of the molecule is O=C1C2CCCCN2C(=O)N1CC(O)COCc1ccccc1F. The van der Waals surface area contributed by atoms with E-state index in [0.29, 0.717) is 18.5 Å². The lowest BCUT2D eigenvalue weighted by Crippen LogP contribution is -2.40. The van der Waals surface area contributed by atoms with Gasteiger partial charge in [-0.3, -0.25) is 9.69 Å². The van der Waals surface area contributed by atoms with Gasteiger partial charge >= 0.3 is 6.03 Å². The summed E-state index contributed by atoms with van der Waals surface area (Å²) in [6, 6.07) is 5.53. The minimum absolute atomic E-state index is 0.0282. The number of carbonyl (C=O) groups excluding carboxylic acids is 2. The highest BCUT2D eigenvalue weighted by molar-refractivity contribution is 6.04. The molecule has 7 heteroatoms. The number of amides is 3. The third kappa shape index (κ3) is 3.42. The van der Waals surface area contributed by atoms with Gasteiger partial charge in [0.1, 0.15) is 11.9 Å². The van der Waals surface area contributed by atoms with E-state index in [-0.39, 0.29) is 43.6 Å². The molecule has 2 unspecified atom stereocenters. The largest absolute Gasteiger partial charge is 0.389 e. The maximum absolute atomic E-state index is 13.5. The summed E-state index contributed by atoms with van der Waals surface area (Å²) in [5.74, 6) is -0.610. The molecule has 2 fully saturated rings. The van der Waals surface area contributed by atoms with E-state index in [2.05, 4.69) is 0 Å². The van der Waals surface area contributed by atoms with Crippen molar-refractivity contribution in [2.45, 2.75) is 38.0 Å². The van der Waals surface area contributed by atoms with Crippen molar-refractivity contribution in [2.75, 3.05) is 19.7 Å².